The molecule has 0 aliphatic rings. The molecule has 0 saturated carbocycles. The van der Waals surface area contributed by atoms with Gasteiger partial charge in [0.1, 0.15) is 5.56 Å². The summed E-state index contributed by atoms with van der Waals surface area (Å²) in [7, 11) is 0. The third-order valence-corrected chi connectivity index (χ3v) is 4.28. The van der Waals surface area contributed by atoms with E-state index in [9.17, 15) is 9.59 Å². The summed E-state index contributed by atoms with van der Waals surface area (Å²) in [5.74, 6) is -0.426. The zero-order valence-corrected chi connectivity index (χ0v) is 13.9. The number of aromatic amines is 1. The van der Waals surface area contributed by atoms with Crippen LogP contribution in [0, 0.1) is 0 Å². The lowest BCUT2D eigenvalue weighted by atomic mass is 10.1. The number of carbonyl (C=O) groups excluding carboxylic acids is 1. The van der Waals surface area contributed by atoms with E-state index in [4.69, 9.17) is 0 Å². The van der Waals surface area contributed by atoms with Gasteiger partial charge in [0.25, 0.3) is 5.91 Å². The second-order valence-corrected chi connectivity index (χ2v) is 5.97. The molecule has 0 fully saturated rings. The van der Waals surface area contributed by atoms with E-state index < -0.39 is 5.91 Å². The Morgan fingerprint density at radius 2 is 1.42 bits per heavy atom. The second-order valence-electron chi connectivity index (χ2n) is 5.97. The Morgan fingerprint density at radius 3 is 2.19 bits per heavy atom. The molecule has 0 spiro atoms. The molecule has 1 heterocycles. The van der Waals surface area contributed by atoms with Crippen molar-refractivity contribution in [3.05, 3.63) is 101 Å². The molecule has 0 saturated heterocycles. The summed E-state index contributed by atoms with van der Waals surface area (Å²) in [6, 6.07) is 24.7. The van der Waals surface area contributed by atoms with Crippen molar-refractivity contribution in [2.24, 2.45) is 0 Å². The van der Waals surface area contributed by atoms with E-state index in [0.717, 1.165) is 11.1 Å². The first kappa shape index (κ1) is 15.8. The van der Waals surface area contributed by atoms with Gasteiger partial charge in [-0.15, -0.1) is 0 Å². The Morgan fingerprint density at radius 1 is 0.769 bits per heavy atom. The van der Waals surface area contributed by atoms with Crippen LogP contribution in [0.2, 0.25) is 0 Å². The number of para-hydroxylation sites is 1. The van der Waals surface area contributed by atoms with E-state index in [2.05, 4.69) is 10.3 Å². The Balaban J connectivity index is 1.59. The maximum absolute atomic E-state index is 12.5. The lowest BCUT2D eigenvalue weighted by Gasteiger charge is -2.07. The van der Waals surface area contributed by atoms with Crippen LogP contribution in [0.4, 0.5) is 5.69 Å². The zero-order chi connectivity index (χ0) is 17.9. The molecule has 0 bridgehead atoms. The zero-order valence-electron chi connectivity index (χ0n) is 13.9. The van der Waals surface area contributed by atoms with Crippen molar-refractivity contribution < 1.29 is 4.79 Å². The summed E-state index contributed by atoms with van der Waals surface area (Å²) in [5.41, 5.74) is 3.33. The summed E-state index contributed by atoms with van der Waals surface area (Å²) >= 11 is 0. The largest absolute Gasteiger partial charge is 0.360 e. The Kier molecular flexibility index (Phi) is 4.07. The van der Waals surface area contributed by atoms with E-state index in [0.29, 0.717) is 16.6 Å². The highest BCUT2D eigenvalue weighted by molar-refractivity contribution is 6.05. The molecule has 4 nitrogen and oxygen atoms in total. The summed E-state index contributed by atoms with van der Waals surface area (Å²) in [6.45, 7) is 0. The van der Waals surface area contributed by atoms with Crippen molar-refractivity contribution in [1.29, 1.82) is 0 Å². The fourth-order valence-electron chi connectivity index (χ4n) is 2.91. The van der Waals surface area contributed by atoms with Gasteiger partial charge < -0.3 is 10.3 Å². The molecule has 2 N–H and O–H groups in total. The van der Waals surface area contributed by atoms with Crippen LogP contribution in [-0.2, 0) is 0 Å². The first-order valence-electron chi connectivity index (χ1n) is 8.29. The van der Waals surface area contributed by atoms with Gasteiger partial charge in [-0.1, -0.05) is 54.6 Å². The molecule has 3 aromatic carbocycles. The van der Waals surface area contributed by atoms with Crippen molar-refractivity contribution in [2.45, 2.75) is 0 Å². The minimum absolute atomic E-state index is 0.0934. The molecule has 0 aliphatic carbocycles. The van der Waals surface area contributed by atoms with Gasteiger partial charge in [-0.3, -0.25) is 9.59 Å². The molecule has 0 unspecified atom stereocenters. The molecule has 1 amide bonds. The number of hydrogen-bond acceptors (Lipinski definition) is 2. The third kappa shape index (κ3) is 3.00. The lowest BCUT2D eigenvalue weighted by molar-refractivity contribution is 0.102. The maximum atomic E-state index is 12.5. The number of anilines is 1. The number of benzene rings is 3. The average molecular weight is 340 g/mol. The summed E-state index contributed by atoms with van der Waals surface area (Å²) in [6.07, 6.45) is 1.46. The fourth-order valence-corrected chi connectivity index (χ4v) is 2.91. The quantitative estimate of drug-likeness (QED) is 0.579. The van der Waals surface area contributed by atoms with Gasteiger partial charge in [0.05, 0.1) is 0 Å². The van der Waals surface area contributed by atoms with E-state index in [1.54, 1.807) is 18.2 Å². The monoisotopic (exact) mass is 340 g/mol. The Labute approximate surface area is 150 Å². The minimum Gasteiger partial charge on any atom is -0.360 e. The van der Waals surface area contributed by atoms with E-state index in [1.807, 2.05) is 60.7 Å². The fraction of sp³-hybridized carbons (Fsp3) is 0. The highest BCUT2D eigenvalue weighted by Crippen LogP contribution is 2.21. The van der Waals surface area contributed by atoms with Crippen LogP contribution >= 0.6 is 0 Å². The molecule has 0 atom stereocenters. The lowest BCUT2D eigenvalue weighted by Crippen LogP contribution is -2.21. The summed E-state index contributed by atoms with van der Waals surface area (Å²) < 4.78 is 0. The molecule has 1 aromatic heterocycles. The number of H-pyrrole nitrogens is 1. The Bertz CT molecular complexity index is 1130. The number of hydrogen-bond donors (Lipinski definition) is 2. The summed E-state index contributed by atoms with van der Waals surface area (Å²) in [5, 5.41) is 3.28. The van der Waals surface area contributed by atoms with Crippen molar-refractivity contribution in [3.63, 3.8) is 0 Å². The van der Waals surface area contributed by atoms with Crippen LogP contribution in [0.1, 0.15) is 10.4 Å². The highest BCUT2D eigenvalue weighted by Gasteiger charge is 2.13. The van der Waals surface area contributed by atoms with Crippen molar-refractivity contribution in [3.8, 4) is 11.1 Å². The number of aromatic nitrogens is 1. The van der Waals surface area contributed by atoms with Crippen LogP contribution in [-0.4, -0.2) is 10.9 Å². The predicted octanol–water partition coefficient (Wildman–Crippen LogP) is 4.45. The normalized spacial score (nSPS) is 10.6. The van der Waals surface area contributed by atoms with E-state index in [-0.39, 0.29) is 11.0 Å². The van der Waals surface area contributed by atoms with E-state index >= 15 is 0 Å². The van der Waals surface area contributed by atoms with Crippen molar-refractivity contribution >= 4 is 22.5 Å². The maximum Gasteiger partial charge on any atom is 0.261 e. The standard InChI is InChI=1S/C22H16N2O2/c25-21-18-8-4-5-9-20(18)23-14-19(21)22(26)24-17-12-10-16(11-13-17)15-6-2-1-3-7-15/h1-14H,(H,23,25)(H,24,26). The van der Waals surface area contributed by atoms with Gasteiger partial charge in [0.15, 0.2) is 0 Å². The van der Waals surface area contributed by atoms with Gasteiger partial charge in [-0.25, -0.2) is 0 Å². The van der Waals surface area contributed by atoms with Gasteiger partial charge in [-0.2, -0.15) is 0 Å². The molecule has 26 heavy (non-hydrogen) atoms. The van der Waals surface area contributed by atoms with Crippen LogP contribution in [0.5, 0.6) is 0 Å². The second kappa shape index (κ2) is 6.69. The average Bonchev–Trinajstić information content (AvgIpc) is 2.69. The first-order chi connectivity index (χ1) is 12.7. The molecule has 0 aliphatic heterocycles. The van der Waals surface area contributed by atoms with Crippen LogP contribution in [0.15, 0.2) is 89.9 Å². The molecule has 0 radical (unpaired) electrons. The topological polar surface area (TPSA) is 62.0 Å². The summed E-state index contributed by atoms with van der Waals surface area (Å²) in [4.78, 5) is 28.0. The van der Waals surface area contributed by atoms with Gasteiger partial charge >= 0.3 is 0 Å². The smallest absolute Gasteiger partial charge is 0.261 e. The number of pyridine rings is 1. The minimum atomic E-state index is -0.426. The number of nitrogens with one attached hydrogen (secondary N) is 2. The third-order valence-electron chi connectivity index (χ3n) is 4.28. The molecule has 126 valence electrons. The molecule has 4 heteroatoms. The number of rotatable bonds is 3. The predicted molar refractivity (Wildman–Crippen MR) is 104 cm³/mol. The molecular weight excluding hydrogens is 324 g/mol. The van der Waals surface area contributed by atoms with Gasteiger partial charge in [-0.05, 0) is 35.4 Å². The molecule has 4 aromatic rings. The van der Waals surface area contributed by atoms with Gasteiger partial charge in [0.2, 0.25) is 5.43 Å². The molecule has 4 rings (SSSR count). The Hall–Kier alpha value is -3.66. The van der Waals surface area contributed by atoms with Crippen LogP contribution in [0.25, 0.3) is 22.0 Å². The SMILES string of the molecule is O=C(Nc1ccc(-c2ccccc2)cc1)c1c[nH]c2ccccc2c1=O. The number of amides is 1. The van der Waals surface area contributed by atoms with E-state index in [1.165, 1.54) is 6.20 Å². The number of carbonyl (C=O) groups is 1. The van der Waals surface area contributed by atoms with Crippen LogP contribution in [0.3, 0.4) is 0 Å². The van der Waals surface area contributed by atoms with Crippen LogP contribution < -0.4 is 10.7 Å². The number of fused-ring (bicyclic) bond motifs is 1. The van der Waals surface area contributed by atoms with Crippen molar-refractivity contribution in [2.75, 3.05) is 5.32 Å². The van der Waals surface area contributed by atoms with Gasteiger partial charge in [0, 0.05) is 22.8 Å². The van der Waals surface area contributed by atoms with Crippen molar-refractivity contribution in [1.82, 2.24) is 4.98 Å². The first-order valence-corrected chi connectivity index (χ1v) is 8.29. The highest BCUT2D eigenvalue weighted by atomic mass is 16.2. The molecular formula is C22H16N2O2.